The molecule has 1 aliphatic heterocycles. The lowest BCUT2D eigenvalue weighted by atomic mass is 10.2. The van der Waals surface area contributed by atoms with Crippen LogP contribution in [-0.2, 0) is 18.0 Å². The van der Waals surface area contributed by atoms with Crippen LogP contribution in [0.3, 0.4) is 0 Å². The van der Waals surface area contributed by atoms with Crippen molar-refractivity contribution in [2.75, 3.05) is 0 Å². The van der Waals surface area contributed by atoms with Crippen molar-refractivity contribution in [1.29, 1.82) is 0 Å². The molecule has 1 aromatic carbocycles. The SMILES string of the molecule is Cc1ccccc1-n1[nH]c(=O)c2c1COC2. The second-order valence-electron chi connectivity index (χ2n) is 3.98. The van der Waals surface area contributed by atoms with Crippen LogP contribution in [0.25, 0.3) is 5.69 Å². The van der Waals surface area contributed by atoms with E-state index in [1.54, 1.807) is 0 Å². The summed E-state index contributed by atoms with van der Waals surface area (Å²) in [5.74, 6) is 0. The van der Waals surface area contributed by atoms with Crippen LogP contribution in [0.1, 0.15) is 16.8 Å². The number of benzene rings is 1. The Labute approximate surface area is 92.5 Å². The van der Waals surface area contributed by atoms with E-state index < -0.39 is 0 Å². The highest BCUT2D eigenvalue weighted by atomic mass is 16.5. The maximum atomic E-state index is 11.7. The smallest absolute Gasteiger partial charge is 0.270 e. The molecule has 0 radical (unpaired) electrons. The largest absolute Gasteiger partial charge is 0.370 e. The van der Waals surface area contributed by atoms with E-state index in [1.165, 1.54) is 0 Å². The van der Waals surface area contributed by atoms with Gasteiger partial charge in [-0.05, 0) is 18.6 Å². The van der Waals surface area contributed by atoms with Crippen molar-refractivity contribution < 1.29 is 4.74 Å². The second kappa shape index (κ2) is 3.35. The van der Waals surface area contributed by atoms with Crippen LogP contribution in [0.4, 0.5) is 0 Å². The van der Waals surface area contributed by atoms with Gasteiger partial charge in [0.1, 0.15) is 0 Å². The molecule has 0 unspecified atom stereocenters. The van der Waals surface area contributed by atoms with Crippen molar-refractivity contribution in [3.05, 3.63) is 51.4 Å². The summed E-state index contributed by atoms with van der Waals surface area (Å²) in [5.41, 5.74) is 3.79. The molecule has 82 valence electrons. The zero-order valence-electron chi connectivity index (χ0n) is 8.99. The van der Waals surface area contributed by atoms with Gasteiger partial charge in [-0.2, -0.15) is 0 Å². The van der Waals surface area contributed by atoms with Crippen LogP contribution in [0.5, 0.6) is 0 Å². The highest BCUT2D eigenvalue weighted by Crippen LogP contribution is 2.21. The van der Waals surface area contributed by atoms with Crippen molar-refractivity contribution in [3.8, 4) is 5.69 Å². The molecule has 0 fully saturated rings. The highest BCUT2D eigenvalue weighted by molar-refractivity contribution is 5.42. The summed E-state index contributed by atoms with van der Waals surface area (Å²) in [6.45, 7) is 2.95. The molecule has 0 amide bonds. The molecular weight excluding hydrogens is 204 g/mol. The van der Waals surface area contributed by atoms with Gasteiger partial charge in [-0.3, -0.25) is 14.6 Å². The number of para-hydroxylation sites is 1. The number of aryl methyl sites for hydroxylation is 1. The molecule has 4 heteroatoms. The number of nitrogens with one attached hydrogen (secondary N) is 1. The van der Waals surface area contributed by atoms with Crippen LogP contribution in [0, 0.1) is 6.92 Å². The first-order valence-electron chi connectivity index (χ1n) is 5.24. The first kappa shape index (κ1) is 9.42. The van der Waals surface area contributed by atoms with Gasteiger partial charge in [-0.1, -0.05) is 18.2 Å². The van der Waals surface area contributed by atoms with Gasteiger partial charge in [0.15, 0.2) is 0 Å². The number of nitrogens with zero attached hydrogens (tertiary/aromatic N) is 1. The zero-order valence-corrected chi connectivity index (χ0v) is 8.99. The summed E-state index contributed by atoms with van der Waals surface area (Å²) in [6, 6.07) is 7.96. The zero-order chi connectivity index (χ0) is 11.1. The Hall–Kier alpha value is -1.81. The predicted molar refractivity (Wildman–Crippen MR) is 59.6 cm³/mol. The maximum absolute atomic E-state index is 11.7. The lowest BCUT2D eigenvalue weighted by Gasteiger charge is -2.08. The van der Waals surface area contributed by atoms with E-state index in [1.807, 2.05) is 35.9 Å². The summed E-state index contributed by atoms with van der Waals surface area (Å²) in [6.07, 6.45) is 0. The molecule has 0 atom stereocenters. The fourth-order valence-corrected chi connectivity index (χ4v) is 2.07. The second-order valence-corrected chi connectivity index (χ2v) is 3.98. The van der Waals surface area contributed by atoms with Gasteiger partial charge in [0.25, 0.3) is 5.56 Å². The Kier molecular flexibility index (Phi) is 1.97. The number of hydrogen-bond donors (Lipinski definition) is 1. The minimum absolute atomic E-state index is 0.0456. The molecule has 3 rings (SSSR count). The van der Waals surface area contributed by atoms with E-state index in [2.05, 4.69) is 5.10 Å². The van der Waals surface area contributed by atoms with Crippen molar-refractivity contribution in [3.63, 3.8) is 0 Å². The van der Waals surface area contributed by atoms with E-state index >= 15 is 0 Å². The summed E-state index contributed by atoms with van der Waals surface area (Å²) < 4.78 is 7.13. The van der Waals surface area contributed by atoms with Crippen molar-refractivity contribution in [1.82, 2.24) is 9.78 Å². The Morgan fingerprint density at radius 2 is 2.12 bits per heavy atom. The van der Waals surface area contributed by atoms with E-state index in [9.17, 15) is 4.79 Å². The van der Waals surface area contributed by atoms with Gasteiger partial charge < -0.3 is 4.74 Å². The molecule has 1 aromatic heterocycles. The molecular formula is C12H12N2O2. The third kappa shape index (κ3) is 1.23. The Balaban J connectivity index is 2.25. The average molecular weight is 216 g/mol. The third-order valence-electron chi connectivity index (χ3n) is 2.95. The van der Waals surface area contributed by atoms with Gasteiger partial charge >= 0.3 is 0 Å². The minimum atomic E-state index is -0.0456. The standard InChI is InChI=1S/C12H12N2O2/c1-8-4-2-3-5-10(8)14-11-7-16-6-9(11)12(15)13-14/h2-5H,6-7H2,1H3,(H,13,15). The molecule has 4 nitrogen and oxygen atoms in total. The topological polar surface area (TPSA) is 47.0 Å². The lowest BCUT2D eigenvalue weighted by molar-refractivity contribution is 0.130. The van der Waals surface area contributed by atoms with Crippen LogP contribution in [0.15, 0.2) is 29.1 Å². The molecule has 0 saturated carbocycles. The molecule has 0 aliphatic carbocycles. The average Bonchev–Trinajstić information content (AvgIpc) is 2.84. The molecule has 0 spiro atoms. The number of ether oxygens (including phenoxy) is 1. The van der Waals surface area contributed by atoms with E-state index in [-0.39, 0.29) is 5.56 Å². The van der Waals surface area contributed by atoms with E-state index in [0.717, 1.165) is 22.5 Å². The fourth-order valence-electron chi connectivity index (χ4n) is 2.07. The number of fused-ring (bicyclic) bond motifs is 1. The Morgan fingerprint density at radius 1 is 1.31 bits per heavy atom. The Morgan fingerprint density at radius 3 is 2.94 bits per heavy atom. The summed E-state index contributed by atoms with van der Waals surface area (Å²) in [7, 11) is 0. The highest BCUT2D eigenvalue weighted by Gasteiger charge is 2.21. The van der Waals surface area contributed by atoms with Crippen LogP contribution >= 0.6 is 0 Å². The van der Waals surface area contributed by atoms with Gasteiger partial charge in [0, 0.05) is 0 Å². The molecule has 1 N–H and O–H groups in total. The molecule has 2 aromatic rings. The predicted octanol–water partition coefficient (Wildman–Crippen LogP) is 1.50. The molecule has 2 heterocycles. The monoisotopic (exact) mass is 216 g/mol. The van der Waals surface area contributed by atoms with Gasteiger partial charge in [0.2, 0.25) is 0 Å². The lowest BCUT2D eigenvalue weighted by Crippen LogP contribution is -2.09. The number of rotatable bonds is 1. The Bertz CT molecular complexity index is 595. The fraction of sp³-hybridized carbons (Fsp3) is 0.250. The van der Waals surface area contributed by atoms with E-state index in [0.29, 0.717) is 13.2 Å². The molecule has 0 saturated heterocycles. The van der Waals surface area contributed by atoms with E-state index in [4.69, 9.17) is 4.74 Å². The van der Waals surface area contributed by atoms with Crippen LogP contribution in [-0.4, -0.2) is 9.78 Å². The van der Waals surface area contributed by atoms with Gasteiger partial charge in [-0.25, -0.2) is 0 Å². The minimum Gasteiger partial charge on any atom is -0.370 e. The first-order chi connectivity index (χ1) is 7.77. The number of aromatic nitrogens is 2. The summed E-state index contributed by atoms with van der Waals surface area (Å²) in [4.78, 5) is 11.7. The van der Waals surface area contributed by atoms with Crippen molar-refractivity contribution >= 4 is 0 Å². The molecule has 16 heavy (non-hydrogen) atoms. The van der Waals surface area contributed by atoms with Crippen LogP contribution < -0.4 is 5.56 Å². The third-order valence-corrected chi connectivity index (χ3v) is 2.95. The van der Waals surface area contributed by atoms with Crippen LogP contribution in [0.2, 0.25) is 0 Å². The van der Waals surface area contributed by atoms with Gasteiger partial charge in [-0.15, -0.1) is 0 Å². The van der Waals surface area contributed by atoms with Crippen molar-refractivity contribution in [2.24, 2.45) is 0 Å². The van der Waals surface area contributed by atoms with Gasteiger partial charge in [0.05, 0.1) is 30.2 Å². The number of hydrogen-bond acceptors (Lipinski definition) is 2. The van der Waals surface area contributed by atoms with Crippen molar-refractivity contribution in [2.45, 2.75) is 20.1 Å². The molecule has 0 bridgehead atoms. The molecule has 1 aliphatic rings. The quantitative estimate of drug-likeness (QED) is 0.785. The number of aromatic amines is 1. The summed E-state index contributed by atoms with van der Waals surface area (Å²) >= 11 is 0. The summed E-state index contributed by atoms with van der Waals surface area (Å²) in [5, 5.41) is 2.85. The first-order valence-corrected chi connectivity index (χ1v) is 5.24. The number of H-pyrrole nitrogens is 1. The maximum Gasteiger partial charge on any atom is 0.270 e. The normalized spacial score (nSPS) is 14.1.